The number of carbonyl (C=O) groups is 1. The standard InChI is InChI=1S/C42H79NO6S/c1-3-5-7-9-11-13-15-17-18-19-20-21-22-23-24-25-27-28-30-32-34-36-40(44)39(38-50(47,48)49)43-42(46)41(45)37-35-33-31-29-26-16-14-12-10-8-6-4-2/h26-29,34,36,39-41,44-45H,3-25,30-33,35,37-38H2,1-2H3,(H,43,46)(H,47,48,49)/b28-27+,29-26-,36-34+. The number of rotatable bonds is 37. The van der Waals surface area contributed by atoms with Crippen LogP contribution in [-0.2, 0) is 14.9 Å². The smallest absolute Gasteiger partial charge is 0.267 e. The van der Waals surface area contributed by atoms with Crippen molar-refractivity contribution in [2.75, 3.05) is 5.75 Å². The van der Waals surface area contributed by atoms with Gasteiger partial charge in [0, 0.05) is 0 Å². The maximum Gasteiger partial charge on any atom is 0.267 e. The van der Waals surface area contributed by atoms with E-state index in [1.165, 1.54) is 141 Å². The van der Waals surface area contributed by atoms with Gasteiger partial charge in [-0.05, 0) is 57.8 Å². The molecule has 7 nitrogen and oxygen atoms in total. The number of amides is 1. The van der Waals surface area contributed by atoms with E-state index >= 15 is 0 Å². The molecule has 3 unspecified atom stereocenters. The van der Waals surface area contributed by atoms with E-state index in [4.69, 9.17) is 0 Å². The van der Waals surface area contributed by atoms with E-state index in [1.54, 1.807) is 6.08 Å². The lowest BCUT2D eigenvalue weighted by Gasteiger charge is -2.22. The van der Waals surface area contributed by atoms with Gasteiger partial charge in [-0.15, -0.1) is 0 Å². The van der Waals surface area contributed by atoms with Crippen LogP contribution in [0.2, 0.25) is 0 Å². The second kappa shape index (κ2) is 35.9. The Balaban J connectivity index is 4.07. The highest BCUT2D eigenvalue weighted by atomic mass is 32.2. The van der Waals surface area contributed by atoms with Crippen LogP contribution in [0.25, 0.3) is 0 Å². The number of nitrogens with one attached hydrogen (secondary N) is 1. The molecule has 4 N–H and O–H groups in total. The van der Waals surface area contributed by atoms with Gasteiger partial charge in [0.15, 0.2) is 0 Å². The minimum Gasteiger partial charge on any atom is -0.387 e. The van der Waals surface area contributed by atoms with Gasteiger partial charge in [0.05, 0.1) is 17.9 Å². The van der Waals surface area contributed by atoms with Crippen LogP contribution in [0.5, 0.6) is 0 Å². The molecule has 3 atom stereocenters. The number of aliphatic hydroxyl groups is 2. The molecule has 0 bridgehead atoms. The molecule has 0 heterocycles. The highest BCUT2D eigenvalue weighted by Gasteiger charge is 2.27. The Hall–Kier alpha value is -1.48. The molecule has 0 aliphatic rings. The number of hydrogen-bond acceptors (Lipinski definition) is 5. The minimum atomic E-state index is -4.45. The zero-order valence-electron chi connectivity index (χ0n) is 32.4. The van der Waals surface area contributed by atoms with Crippen molar-refractivity contribution in [2.45, 2.75) is 218 Å². The number of unbranched alkanes of at least 4 members (excludes halogenated alkanes) is 24. The largest absolute Gasteiger partial charge is 0.387 e. The topological polar surface area (TPSA) is 124 Å². The van der Waals surface area contributed by atoms with Gasteiger partial charge in [-0.25, -0.2) is 0 Å². The monoisotopic (exact) mass is 726 g/mol. The number of aliphatic hydroxyl groups excluding tert-OH is 2. The summed E-state index contributed by atoms with van der Waals surface area (Å²) in [6, 6.07) is -1.26. The molecule has 0 saturated heterocycles. The summed E-state index contributed by atoms with van der Waals surface area (Å²) in [4.78, 5) is 12.5. The number of hydrogen-bond donors (Lipinski definition) is 4. The summed E-state index contributed by atoms with van der Waals surface area (Å²) < 4.78 is 32.5. The van der Waals surface area contributed by atoms with Gasteiger partial charge in [0.25, 0.3) is 10.1 Å². The average molecular weight is 726 g/mol. The predicted octanol–water partition coefficient (Wildman–Crippen LogP) is 11.1. The van der Waals surface area contributed by atoms with Crippen molar-refractivity contribution in [1.82, 2.24) is 5.32 Å². The van der Waals surface area contributed by atoms with Crippen molar-refractivity contribution in [2.24, 2.45) is 0 Å². The molecule has 294 valence electrons. The first-order valence-electron chi connectivity index (χ1n) is 20.8. The lowest BCUT2D eigenvalue weighted by atomic mass is 10.0. The minimum absolute atomic E-state index is 0.243. The molecule has 0 fully saturated rings. The number of carbonyl (C=O) groups excluding carboxylic acids is 1. The van der Waals surface area contributed by atoms with Crippen LogP contribution in [0.15, 0.2) is 36.5 Å². The van der Waals surface area contributed by atoms with E-state index in [9.17, 15) is 28.0 Å². The molecule has 0 aromatic rings. The molecule has 8 heteroatoms. The van der Waals surface area contributed by atoms with E-state index in [1.807, 2.05) is 0 Å². The van der Waals surface area contributed by atoms with Crippen LogP contribution < -0.4 is 5.32 Å². The van der Waals surface area contributed by atoms with Crippen LogP contribution in [0, 0.1) is 0 Å². The van der Waals surface area contributed by atoms with Crippen LogP contribution >= 0.6 is 0 Å². The molecule has 0 rings (SSSR count). The molecule has 0 radical (unpaired) electrons. The SMILES string of the molecule is CCCCCCCC/C=C\CCCCC(O)C(=O)NC(CS(=O)(=O)O)C(O)/C=C/CC/C=C/CCCCCCCCCCCCCCCCC. The summed E-state index contributed by atoms with van der Waals surface area (Å²) in [6.45, 7) is 4.49. The van der Waals surface area contributed by atoms with Crippen molar-refractivity contribution >= 4 is 16.0 Å². The van der Waals surface area contributed by atoms with E-state index in [0.717, 1.165) is 32.1 Å². The first-order valence-corrected chi connectivity index (χ1v) is 22.4. The van der Waals surface area contributed by atoms with Crippen molar-refractivity contribution in [3.63, 3.8) is 0 Å². The molecular weight excluding hydrogens is 647 g/mol. The Kier molecular flexibility index (Phi) is 34.8. The molecular formula is C42H79NO6S. The van der Waals surface area contributed by atoms with E-state index in [-0.39, 0.29) is 6.42 Å². The zero-order valence-corrected chi connectivity index (χ0v) is 33.2. The fourth-order valence-electron chi connectivity index (χ4n) is 6.17. The highest BCUT2D eigenvalue weighted by Crippen LogP contribution is 2.14. The second-order valence-electron chi connectivity index (χ2n) is 14.4. The predicted molar refractivity (Wildman–Crippen MR) is 213 cm³/mol. The Labute approximate surface area is 309 Å². The summed E-state index contributed by atoms with van der Waals surface area (Å²) in [5, 5.41) is 23.3. The van der Waals surface area contributed by atoms with Gasteiger partial charge in [-0.3, -0.25) is 9.35 Å². The van der Waals surface area contributed by atoms with Crippen molar-refractivity contribution < 1.29 is 28.0 Å². The normalized spacial score (nSPS) is 14.3. The molecule has 0 aromatic heterocycles. The second-order valence-corrected chi connectivity index (χ2v) is 15.9. The highest BCUT2D eigenvalue weighted by molar-refractivity contribution is 7.85. The van der Waals surface area contributed by atoms with Crippen LogP contribution in [0.4, 0.5) is 0 Å². The molecule has 1 amide bonds. The molecule has 0 spiro atoms. The maximum absolute atomic E-state index is 12.5. The molecule has 0 saturated carbocycles. The number of allylic oxidation sites excluding steroid dienone is 5. The van der Waals surface area contributed by atoms with Gasteiger partial charge >= 0.3 is 0 Å². The van der Waals surface area contributed by atoms with Crippen LogP contribution in [-0.4, -0.2) is 53.1 Å². The summed E-state index contributed by atoms with van der Waals surface area (Å²) in [5.74, 6) is -1.58. The summed E-state index contributed by atoms with van der Waals surface area (Å²) in [5.41, 5.74) is 0. The first kappa shape index (κ1) is 48.5. The van der Waals surface area contributed by atoms with Crippen molar-refractivity contribution in [3.05, 3.63) is 36.5 Å². The third-order valence-electron chi connectivity index (χ3n) is 9.40. The Morgan fingerprint density at radius 2 is 0.900 bits per heavy atom. The lowest BCUT2D eigenvalue weighted by molar-refractivity contribution is -0.130. The molecule has 0 aliphatic carbocycles. The van der Waals surface area contributed by atoms with Gasteiger partial charge in [-0.1, -0.05) is 179 Å². The third kappa shape index (κ3) is 34.9. The average Bonchev–Trinajstić information content (AvgIpc) is 3.08. The van der Waals surface area contributed by atoms with Gasteiger partial charge in [0.1, 0.15) is 6.10 Å². The maximum atomic E-state index is 12.5. The van der Waals surface area contributed by atoms with Crippen LogP contribution in [0.1, 0.15) is 200 Å². The van der Waals surface area contributed by atoms with E-state index in [2.05, 4.69) is 43.5 Å². The van der Waals surface area contributed by atoms with E-state index < -0.39 is 40.0 Å². The fraction of sp³-hybridized carbons (Fsp3) is 0.833. The first-order chi connectivity index (χ1) is 24.2. The van der Waals surface area contributed by atoms with Crippen molar-refractivity contribution in [1.29, 1.82) is 0 Å². The third-order valence-corrected chi connectivity index (χ3v) is 10.2. The fourth-order valence-corrected chi connectivity index (χ4v) is 6.91. The lowest BCUT2D eigenvalue weighted by Crippen LogP contribution is -2.50. The summed E-state index contributed by atoms with van der Waals surface area (Å²) in [6.07, 6.45) is 43.6. The van der Waals surface area contributed by atoms with Gasteiger partial charge < -0.3 is 15.5 Å². The Bertz CT molecular complexity index is 948. The summed E-state index contributed by atoms with van der Waals surface area (Å²) >= 11 is 0. The molecule has 0 aliphatic heterocycles. The quantitative estimate of drug-likeness (QED) is 0.0287. The molecule has 50 heavy (non-hydrogen) atoms. The zero-order chi connectivity index (χ0) is 37.0. The Morgan fingerprint density at radius 1 is 0.540 bits per heavy atom. The van der Waals surface area contributed by atoms with Crippen molar-refractivity contribution in [3.8, 4) is 0 Å². The van der Waals surface area contributed by atoms with Gasteiger partial charge in [0.2, 0.25) is 5.91 Å². The molecule has 0 aromatic carbocycles. The Morgan fingerprint density at radius 3 is 1.32 bits per heavy atom. The van der Waals surface area contributed by atoms with Crippen LogP contribution in [0.3, 0.4) is 0 Å². The summed E-state index contributed by atoms with van der Waals surface area (Å²) in [7, 11) is -4.45. The van der Waals surface area contributed by atoms with E-state index in [0.29, 0.717) is 12.8 Å². The van der Waals surface area contributed by atoms with Gasteiger partial charge in [-0.2, -0.15) is 8.42 Å².